The van der Waals surface area contributed by atoms with Crippen molar-refractivity contribution in [2.45, 2.75) is 6.92 Å². The second kappa shape index (κ2) is 4.87. The van der Waals surface area contributed by atoms with Gasteiger partial charge < -0.3 is 5.32 Å². The van der Waals surface area contributed by atoms with Crippen LogP contribution >= 0.6 is 0 Å². The number of anilines is 2. The van der Waals surface area contributed by atoms with Crippen molar-refractivity contribution in [3.63, 3.8) is 0 Å². The van der Waals surface area contributed by atoms with Crippen LogP contribution in [0.15, 0.2) is 30.3 Å². The van der Waals surface area contributed by atoms with Gasteiger partial charge in [0.2, 0.25) is 0 Å². The molecule has 1 heterocycles. The fourth-order valence-electron chi connectivity index (χ4n) is 1.57. The van der Waals surface area contributed by atoms with Crippen LogP contribution in [0, 0.1) is 12.7 Å². The summed E-state index contributed by atoms with van der Waals surface area (Å²) in [5.74, 6) is 0.172. The van der Waals surface area contributed by atoms with Crippen LogP contribution in [0.5, 0.6) is 0 Å². The lowest BCUT2D eigenvalue weighted by Gasteiger charge is -2.07. The van der Waals surface area contributed by atoms with Gasteiger partial charge in [-0.15, -0.1) is 0 Å². The first kappa shape index (κ1) is 12.1. The minimum Gasteiger partial charge on any atom is -0.308 e. The largest absolute Gasteiger partial charge is 0.324 e. The Morgan fingerprint density at radius 1 is 1.33 bits per heavy atom. The molecule has 0 atom stereocenters. The number of benzene rings is 1. The van der Waals surface area contributed by atoms with Crippen molar-refractivity contribution in [3.8, 4) is 0 Å². The minimum absolute atomic E-state index is 0.395. The van der Waals surface area contributed by atoms with Crippen molar-refractivity contribution in [2.24, 2.45) is 7.05 Å². The Balaban J connectivity index is 2.03. The third-order valence-corrected chi connectivity index (χ3v) is 2.33. The Morgan fingerprint density at radius 2 is 2.11 bits per heavy atom. The summed E-state index contributed by atoms with van der Waals surface area (Å²) in [6, 6.07) is 6.99. The molecule has 1 aromatic carbocycles. The van der Waals surface area contributed by atoms with Gasteiger partial charge in [0.1, 0.15) is 11.6 Å². The molecule has 5 nitrogen and oxygen atoms in total. The van der Waals surface area contributed by atoms with Gasteiger partial charge in [-0.05, 0) is 25.1 Å². The van der Waals surface area contributed by atoms with Crippen molar-refractivity contribution in [2.75, 3.05) is 10.6 Å². The van der Waals surface area contributed by atoms with Crippen LogP contribution in [0.3, 0.4) is 0 Å². The third-order valence-electron chi connectivity index (χ3n) is 2.33. The van der Waals surface area contributed by atoms with Crippen LogP contribution in [0.25, 0.3) is 0 Å². The molecule has 1 aromatic heterocycles. The van der Waals surface area contributed by atoms with Gasteiger partial charge >= 0.3 is 6.03 Å². The van der Waals surface area contributed by atoms with E-state index >= 15 is 0 Å². The van der Waals surface area contributed by atoms with E-state index in [0.29, 0.717) is 11.5 Å². The zero-order valence-electron chi connectivity index (χ0n) is 10.1. The molecule has 2 N–H and O–H groups in total. The number of rotatable bonds is 2. The molecule has 0 aliphatic rings. The number of aryl methyl sites for hydroxylation is 2. The summed E-state index contributed by atoms with van der Waals surface area (Å²) < 4.78 is 14.5. The van der Waals surface area contributed by atoms with E-state index < -0.39 is 11.8 Å². The molecule has 94 valence electrons. The van der Waals surface area contributed by atoms with E-state index in [1.165, 1.54) is 18.2 Å². The molecule has 2 rings (SSSR count). The SMILES string of the molecule is Cc1cc(NC(=O)Nc2cccc(F)c2)n(C)n1. The average Bonchev–Trinajstić information content (AvgIpc) is 2.57. The van der Waals surface area contributed by atoms with Crippen LogP contribution in [-0.2, 0) is 7.05 Å². The highest BCUT2D eigenvalue weighted by molar-refractivity contribution is 5.99. The van der Waals surface area contributed by atoms with Crippen LogP contribution in [-0.4, -0.2) is 15.8 Å². The molecule has 0 aliphatic heterocycles. The molecule has 6 heteroatoms. The summed E-state index contributed by atoms with van der Waals surface area (Å²) >= 11 is 0. The summed E-state index contributed by atoms with van der Waals surface area (Å²) in [4.78, 5) is 11.7. The normalized spacial score (nSPS) is 10.2. The van der Waals surface area contributed by atoms with Gasteiger partial charge in [0.05, 0.1) is 5.69 Å². The van der Waals surface area contributed by atoms with E-state index in [9.17, 15) is 9.18 Å². The number of amides is 2. The number of aromatic nitrogens is 2. The molecule has 0 radical (unpaired) electrons. The third kappa shape index (κ3) is 2.85. The minimum atomic E-state index is -0.441. The van der Waals surface area contributed by atoms with Crippen molar-refractivity contribution in [1.82, 2.24) is 9.78 Å². The van der Waals surface area contributed by atoms with E-state index in [1.54, 1.807) is 23.9 Å². The zero-order valence-corrected chi connectivity index (χ0v) is 10.1. The molecular weight excluding hydrogens is 235 g/mol. The molecule has 2 aromatic rings. The highest BCUT2D eigenvalue weighted by Gasteiger charge is 2.07. The molecule has 0 fully saturated rings. The maximum atomic E-state index is 12.9. The molecule has 0 aliphatic carbocycles. The van der Waals surface area contributed by atoms with Crippen molar-refractivity contribution < 1.29 is 9.18 Å². The number of hydrogen-bond acceptors (Lipinski definition) is 2. The standard InChI is InChI=1S/C12H13FN4O/c1-8-6-11(17(2)16-8)15-12(18)14-10-5-3-4-9(13)7-10/h3-7H,1-2H3,(H2,14,15,18). The van der Waals surface area contributed by atoms with E-state index in [-0.39, 0.29) is 0 Å². The van der Waals surface area contributed by atoms with Gasteiger partial charge in [0.25, 0.3) is 0 Å². The predicted molar refractivity (Wildman–Crippen MR) is 67.0 cm³/mol. The summed E-state index contributed by atoms with van der Waals surface area (Å²) in [6.45, 7) is 1.83. The second-order valence-electron chi connectivity index (χ2n) is 3.88. The molecule has 0 saturated carbocycles. The Bertz CT molecular complexity index is 579. The maximum absolute atomic E-state index is 12.9. The zero-order chi connectivity index (χ0) is 13.1. The Hall–Kier alpha value is -2.37. The lowest BCUT2D eigenvalue weighted by Crippen LogP contribution is -2.21. The Morgan fingerprint density at radius 3 is 2.72 bits per heavy atom. The van der Waals surface area contributed by atoms with Gasteiger partial charge in [-0.25, -0.2) is 9.18 Å². The van der Waals surface area contributed by atoms with Gasteiger partial charge in [0, 0.05) is 18.8 Å². The van der Waals surface area contributed by atoms with Gasteiger partial charge in [0.15, 0.2) is 0 Å². The first-order chi connectivity index (χ1) is 8.54. The first-order valence-corrected chi connectivity index (χ1v) is 5.39. The topological polar surface area (TPSA) is 59.0 Å². The first-order valence-electron chi connectivity index (χ1n) is 5.39. The average molecular weight is 248 g/mol. The molecule has 0 saturated heterocycles. The maximum Gasteiger partial charge on any atom is 0.324 e. The number of halogens is 1. The van der Waals surface area contributed by atoms with Crippen LogP contribution in [0.2, 0.25) is 0 Å². The van der Waals surface area contributed by atoms with Crippen molar-refractivity contribution in [1.29, 1.82) is 0 Å². The van der Waals surface area contributed by atoms with Crippen molar-refractivity contribution >= 4 is 17.5 Å². The van der Waals surface area contributed by atoms with E-state index in [1.807, 2.05) is 6.92 Å². The lowest BCUT2D eigenvalue weighted by molar-refractivity contribution is 0.262. The smallest absolute Gasteiger partial charge is 0.308 e. The second-order valence-corrected chi connectivity index (χ2v) is 3.88. The Kier molecular flexibility index (Phi) is 3.27. The van der Waals surface area contributed by atoms with E-state index in [2.05, 4.69) is 15.7 Å². The number of hydrogen-bond donors (Lipinski definition) is 2. The Labute approximate surface area is 104 Å². The predicted octanol–water partition coefficient (Wildman–Crippen LogP) is 2.51. The monoisotopic (exact) mass is 248 g/mol. The van der Waals surface area contributed by atoms with E-state index in [4.69, 9.17) is 0 Å². The van der Waals surface area contributed by atoms with Crippen molar-refractivity contribution in [3.05, 3.63) is 41.8 Å². The van der Waals surface area contributed by atoms with Gasteiger partial charge in [-0.1, -0.05) is 6.07 Å². The number of nitrogens with zero attached hydrogens (tertiary/aromatic N) is 2. The molecule has 0 bridgehead atoms. The molecule has 0 spiro atoms. The molecule has 0 unspecified atom stereocenters. The fourth-order valence-corrected chi connectivity index (χ4v) is 1.57. The van der Waals surface area contributed by atoms with Gasteiger partial charge in [-0.3, -0.25) is 10.00 Å². The summed E-state index contributed by atoms with van der Waals surface area (Å²) in [5.41, 5.74) is 1.20. The molecular formula is C12H13FN4O. The fraction of sp³-hybridized carbons (Fsp3) is 0.167. The number of urea groups is 1. The van der Waals surface area contributed by atoms with E-state index in [0.717, 1.165) is 5.69 Å². The number of nitrogens with one attached hydrogen (secondary N) is 2. The van der Waals surface area contributed by atoms with Crippen LogP contribution in [0.1, 0.15) is 5.69 Å². The highest BCUT2D eigenvalue weighted by Crippen LogP contribution is 2.11. The quantitative estimate of drug-likeness (QED) is 0.857. The summed E-state index contributed by atoms with van der Waals surface area (Å²) in [6.07, 6.45) is 0. The highest BCUT2D eigenvalue weighted by atomic mass is 19.1. The molecule has 2 amide bonds. The summed E-state index contributed by atoms with van der Waals surface area (Å²) in [5, 5.41) is 9.26. The summed E-state index contributed by atoms with van der Waals surface area (Å²) in [7, 11) is 1.73. The number of carbonyl (C=O) groups is 1. The lowest BCUT2D eigenvalue weighted by atomic mass is 10.3. The number of carbonyl (C=O) groups excluding carboxylic acids is 1. The van der Waals surface area contributed by atoms with Gasteiger partial charge in [-0.2, -0.15) is 5.10 Å². The van der Waals surface area contributed by atoms with Crippen LogP contribution < -0.4 is 10.6 Å². The van der Waals surface area contributed by atoms with Crippen LogP contribution in [0.4, 0.5) is 20.7 Å². The molecule has 18 heavy (non-hydrogen) atoms.